The van der Waals surface area contributed by atoms with Crippen LogP contribution in [0.15, 0.2) is 24.4 Å². The van der Waals surface area contributed by atoms with Crippen molar-refractivity contribution in [2.45, 2.75) is 38.6 Å². The van der Waals surface area contributed by atoms with Crippen molar-refractivity contribution in [3.05, 3.63) is 35.5 Å². The van der Waals surface area contributed by atoms with Crippen molar-refractivity contribution in [2.75, 3.05) is 13.1 Å². The highest BCUT2D eigenvalue weighted by atomic mass is 15.0. The first-order valence-electron chi connectivity index (χ1n) is 7.72. The van der Waals surface area contributed by atoms with E-state index < -0.39 is 0 Å². The smallest absolute Gasteiger partial charge is 0.0515 e. The molecule has 2 aliphatic heterocycles. The number of rotatable bonds is 2. The van der Waals surface area contributed by atoms with Gasteiger partial charge in [0.25, 0.3) is 0 Å². The number of aryl methyl sites for hydroxylation is 2. The van der Waals surface area contributed by atoms with Crippen LogP contribution in [0.2, 0.25) is 0 Å². The monoisotopic (exact) mass is 254 g/mol. The quantitative estimate of drug-likeness (QED) is 0.871. The fraction of sp³-hybridized carbons (Fsp3) is 0.529. The Bertz CT molecular complexity index is 591. The second-order valence-corrected chi connectivity index (χ2v) is 6.16. The molecule has 100 valence electrons. The number of aromatic nitrogens is 1. The van der Waals surface area contributed by atoms with Crippen LogP contribution < -0.4 is 5.32 Å². The highest BCUT2D eigenvalue weighted by Crippen LogP contribution is 2.31. The Morgan fingerprint density at radius 2 is 2.11 bits per heavy atom. The third kappa shape index (κ3) is 1.99. The first-order valence-corrected chi connectivity index (χ1v) is 7.72. The van der Waals surface area contributed by atoms with E-state index in [0.717, 1.165) is 5.92 Å². The van der Waals surface area contributed by atoms with E-state index in [2.05, 4.69) is 34.3 Å². The second kappa shape index (κ2) is 4.68. The predicted molar refractivity (Wildman–Crippen MR) is 79.6 cm³/mol. The standard InChI is InChI=1S/C17H22N2/c1-3-14-4-2-10-19-12-15(16(5-1)17(14)19)11-13-6-8-18-9-7-13/h1,3,5,12-13,18H,2,4,6-11H2. The van der Waals surface area contributed by atoms with Crippen LogP contribution in [0.3, 0.4) is 0 Å². The molecule has 0 spiro atoms. The summed E-state index contributed by atoms with van der Waals surface area (Å²) in [6, 6.07) is 6.89. The molecule has 0 amide bonds. The van der Waals surface area contributed by atoms with E-state index in [4.69, 9.17) is 0 Å². The molecule has 0 atom stereocenters. The van der Waals surface area contributed by atoms with Gasteiger partial charge in [0.2, 0.25) is 0 Å². The van der Waals surface area contributed by atoms with E-state index in [1.54, 1.807) is 11.1 Å². The van der Waals surface area contributed by atoms with E-state index in [1.165, 1.54) is 62.6 Å². The van der Waals surface area contributed by atoms with Gasteiger partial charge in [0.1, 0.15) is 0 Å². The predicted octanol–water partition coefficient (Wildman–Crippen LogP) is 3.13. The number of para-hydroxylation sites is 1. The summed E-state index contributed by atoms with van der Waals surface area (Å²) in [5.41, 5.74) is 4.67. The van der Waals surface area contributed by atoms with Crippen molar-refractivity contribution in [3.63, 3.8) is 0 Å². The van der Waals surface area contributed by atoms with Crippen molar-refractivity contribution in [1.29, 1.82) is 0 Å². The molecule has 0 unspecified atom stereocenters. The lowest BCUT2D eigenvalue weighted by Gasteiger charge is -2.22. The van der Waals surface area contributed by atoms with E-state index in [0.29, 0.717) is 0 Å². The average molecular weight is 254 g/mol. The Kier molecular flexibility index (Phi) is 2.84. The van der Waals surface area contributed by atoms with E-state index in [9.17, 15) is 0 Å². The zero-order valence-corrected chi connectivity index (χ0v) is 11.5. The van der Waals surface area contributed by atoms with Gasteiger partial charge >= 0.3 is 0 Å². The van der Waals surface area contributed by atoms with Crippen LogP contribution >= 0.6 is 0 Å². The molecule has 0 aliphatic carbocycles. The lowest BCUT2D eigenvalue weighted by atomic mass is 9.90. The molecule has 1 saturated heterocycles. The maximum Gasteiger partial charge on any atom is 0.0515 e. The third-order valence-electron chi connectivity index (χ3n) is 4.88. The molecule has 2 heteroatoms. The van der Waals surface area contributed by atoms with Crippen LogP contribution in [-0.4, -0.2) is 17.7 Å². The highest BCUT2D eigenvalue weighted by molar-refractivity contribution is 5.87. The lowest BCUT2D eigenvalue weighted by molar-refractivity contribution is 0.373. The van der Waals surface area contributed by atoms with Crippen LogP contribution in [0, 0.1) is 5.92 Å². The Morgan fingerprint density at radius 3 is 3.00 bits per heavy atom. The minimum absolute atomic E-state index is 0.879. The molecule has 2 aliphatic rings. The van der Waals surface area contributed by atoms with Gasteiger partial charge < -0.3 is 9.88 Å². The maximum atomic E-state index is 3.47. The molecule has 19 heavy (non-hydrogen) atoms. The fourth-order valence-corrected chi connectivity index (χ4v) is 3.89. The number of nitrogens with one attached hydrogen (secondary N) is 1. The Balaban J connectivity index is 1.72. The fourth-order valence-electron chi connectivity index (χ4n) is 3.89. The minimum Gasteiger partial charge on any atom is -0.347 e. The highest BCUT2D eigenvalue weighted by Gasteiger charge is 2.19. The third-order valence-corrected chi connectivity index (χ3v) is 4.88. The van der Waals surface area contributed by atoms with Crippen molar-refractivity contribution in [3.8, 4) is 0 Å². The summed E-state index contributed by atoms with van der Waals surface area (Å²) >= 11 is 0. The summed E-state index contributed by atoms with van der Waals surface area (Å²) in [6.45, 7) is 3.61. The average Bonchev–Trinajstić information content (AvgIpc) is 2.81. The van der Waals surface area contributed by atoms with Crippen LogP contribution in [0.1, 0.15) is 30.4 Å². The Hall–Kier alpha value is -1.28. The normalized spacial score (nSPS) is 20.0. The summed E-state index contributed by atoms with van der Waals surface area (Å²) in [5, 5.41) is 4.99. The van der Waals surface area contributed by atoms with Crippen LogP contribution in [0.4, 0.5) is 0 Å². The molecule has 0 saturated carbocycles. The van der Waals surface area contributed by atoms with Crippen LogP contribution in [0.5, 0.6) is 0 Å². The lowest BCUT2D eigenvalue weighted by Crippen LogP contribution is -2.28. The molecular formula is C17H22N2. The molecule has 1 fully saturated rings. The summed E-state index contributed by atoms with van der Waals surface area (Å²) in [6.07, 6.45) is 8.95. The molecule has 0 bridgehead atoms. The summed E-state index contributed by atoms with van der Waals surface area (Å²) < 4.78 is 2.50. The molecule has 2 aromatic rings. The Morgan fingerprint density at radius 1 is 1.21 bits per heavy atom. The van der Waals surface area contributed by atoms with Crippen LogP contribution in [0.25, 0.3) is 10.9 Å². The number of piperidine rings is 1. The van der Waals surface area contributed by atoms with Gasteiger partial charge in [-0.3, -0.25) is 0 Å². The van der Waals surface area contributed by atoms with Crippen molar-refractivity contribution >= 4 is 10.9 Å². The van der Waals surface area contributed by atoms with Gasteiger partial charge in [0, 0.05) is 18.1 Å². The molecular weight excluding hydrogens is 232 g/mol. The van der Waals surface area contributed by atoms with E-state index in [1.807, 2.05) is 0 Å². The molecule has 2 nitrogen and oxygen atoms in total. The Labute approximate surface area is 114 Å². The van der Waals surface area contributed by atoms with E-state index >= 15 is 0 Å². The van der Waals surface area contributed by atoms with Crippen molar-refractivity contribution < 1.29 is 0 Å². The molecule has 0 radical (unpaired) electrons. The number of benzene rings is 1. The number of hydrogen-bond donors (Lipinski definition) is 1. The van der Waals surface area contributed by atoms with Gasteiger partial charge in [-0.05, 0) is 62.2 Å². The van der Waals surface area contributed by atoms with Gasteiger partial charge in [-0.15, -0.1) is 0 Å². The maximum absolute atomic E-state index is 3.47. The molecule has 1 aromatic heterocycles. The molecule has 1 aromatic carbocycles. The molecule has 4 rings (SSSR count). The molecule has 3 heterocycles. The minimum atomic E-state index is 0.879. The summed E-state index contributed by atoms with van der Waals surface area (Å²) in [5.74, 6) is 0.879. The van der Waals surface area contributed by atoms with Gasteiger partial charge in [-0.1, -0.05) is 18.2 Å². The first kappa shape index (κ1) is 11.5. The first-order chi connectivity index (χ1) is 9.42. The number of nitrogens with zero attached hydrogens (tertiary/aromatic N) is 1. The summed E-state index contributed by atoms with van der Waals surface area (Å²) in [4.78, 5) is 0. The van der Waals surface area contributed by atoms with Gasteiger partial charge in [0.05, 0.1) is 5.52 Å². The van der Waals surface area contributed by atoms with Gasteiger partial charge in [-0.2, -0.15) is 0 Å². The van der Waals surface area contributed by atoms with Crippen molar-refractivity contribution in [2.24, 2.45) is 5.92 Å². The largest absolute Gasteiger partial charge is 0.347 e. The van der Waals surface area contributed by atoms with Crippen LogP contribution in [-0.2, 0) is 19.4 Å². The van der Waals surface area contributed by atoms with Gasteiger partial charge in [0.15, 0.2) is 0 Å². The second-order valence-electron chi connectivity index (χ2n) is 6.16. The van der Waals surface area contributed by atoms with Gasteiger partial charge in [-0.25, -0.2) is 0 Å². The van der Waals surface area contributed by atoms with E-state index in [-0.39, 0.29) is 0 Å². The van der Waals surface area contributed by atoms with Crippen molar-refractivity contribution in [1.82, 2.24) is 9.88 Å². The number of hydrogen-bond acceptors (Lipinski definition) is 1. The SMILES string of the molecule is c1cc2c3c(c1)c(CC1CCNCC1)cn3CCC2. The summed E-state index contributed by atoms with van der Waals surface area (Å²) in [7, 11) is 0. The zero-order chi connectivity index (χ0) is 12.7. The zero-order valence-electron chi connectivity index (χ0n) is 11.5. The topological polar surface area (TPSA) is 17.0 Å². The molecule has 1 N–H and O–H groups in total.